The van der Waals surface area contributed by atoms with E-state index in [0.717, 1.165) is 5.56 Å². The van der Waals surface area contributed by atoms with Gasteiger partial charge in [0.2, 0.25) is 0 Å². The summed E-state index contributed by atoms with van der Waals surface area (Å²) in [5, 5.41) is 8.81. The zero-order valence-electron chi connectivity index (χ0n) is 7.53. The van der Waals surface area contributed by atoms with Gasteiger partial charge in [-0.1, -0.05) is 30.3 Å². The van der Waals surface area contributed by atoms with Crippen molar-refractivity contribution < 1.29 is 4.74 Å². The third-order valence-electron chi connectivity index (χ3n) is 1.57. The average molecular weight is 173 g/mol. The van der Waals surface area contributed by atoms with E-state index in [1.54, 1.807) is 0 Å². The second-order valence-electron chi connectivity index (χ2n) is 2.46. The summed E-state index contributed by atoms with van der Waals surface area (Å²) in [7, 11) is 0. The van der Waals surface area contributed by atoms with E-state index in [0.29, 0.717) is 12.2 Å². The van der Waals surface area contributed by atoms with Crippen LogP contribution in [0.5, 0.6) is 0 Å². The van der Waals surface area contributed by atoms with Crippen molar-refractivity contribution in [2.45, 2.75) is 6.92 Å². The molecule has 0 aliphatic heterocycles. The fourth-order valence-corrected chi connectivity index (χ4v) is 0.943. The van der Waals surface area contributed by atoms with Gasteiger partial charge in [0, 0.05) is 0 Å². The molecule has 13 heavy (non-hydrogen) atoms. The van der Waals surface area contributed by atoms with Gasteiger partial charge in [-0.3, -0.25) is 0 Å². The molecule has 0 saturated carbocycles. The van der Waals surface area contributed by atoms with Gasteiger partial charge in [-0.05, 0) is 12.5 Å². The normalized spacial score (nSPS) is 10.6. The van der Waals surface area contributed by atoms with Crippen molar-refractivity contribution in [1.82, 2.24) is 0 Å². The quantitative estimate of drug-likeness (QED) is 0.520. The summed E-state index contributed by atoms with van der Waals surface area (Å²) in [6, 6.07) is 11.6. The van der Waals surface area contributed by atoms with Gasteiger partial charge in [0.25, 0.3) is 0 Å². The molecule has 0 aliphatic carbocycles. The summed E-state index contributed by atoms with van der Waals surface area (Å²) in [5.74, 6) is 0. The second-order valence-corrected chi connectivity index (χ2v) is 2.46. The predicted octanol–water partition coefficient (Wildman–Crippen LogP) is 2.59. The van der Waals surface area contributed by atoms with Crippen molar-refractivity contribution in [3.8, 4) is 6.07 Å². The highest BCUT2D eigenvalue weighted by Crippen LogP contribution is 2.12. The van der Waals surface area contributed by atoms with Crippen molar-refractivity contribution in [1.29, 1.82) is 5.26 Å². The Labute approximate surface area is 78.1 Å². The lowest BCUT2D eigenvalue weighted by Crippen LogP contribution is -1.84. The minimum Gasteiger partial charge on any atom is -0.500 e. The summed E-state index contributed by atoms with van der Waals surface area (Å²) in [6.45, 7) is 2.47. The number of hydrogen-bond donors (Lipinski definition) is 0. The summed E-state index contributed by atoms with van der Waals surface area (Å²) < 4.78 is 5.06. The Morgan fingerprint density at radius 1 is 1.46 bits per heavy atom. The van der Waals surface area contributed by atoms with Crippen molar-refractivity contribution >= 4 is 5.57 Å². The lowest BCUT2D eigenvalue weighted by molar-refractivity contribution is 0.271. The van der Waals surface area contributed by atoms with E-state index < -0.39 is 0 Å². The molecular formula is C11H11NO. The Balaban J connectivity index is 2.87. The zero-order valence-corrected chi connectivity index (χ0v) is 7.53. The topological polar surface area (TPSA) is 33.0 Å². The van der Waals surface area contributed by atoms with Gasteiger partial charge in [0.05, 0.1) is 12.2 Å². The molecule has 0 radical (unpaired) electrons. The predicted molar refractivity (Wildman–Crippen MR) is 51.7 cm³/mol. The van der Waals surface area contributed by atoms with E-state index in [2.05, 4.69) is 6.07 Å². The minimum absolute atomic E-state index is 0.558. The first-order chi connectivity index (χ1) is 6.38. The summed E-state index contributed by atoms with van der Waals surface area (Å²) >= 11 is 0. The molecule has 1 rings (SSSR count). The maximum absolute atomic E-state index is 8.81. The molecule has 1 aromatic carbocycles. The van der Waals surface area contributed by atoms with Crippen LogP contribution in [0.4, 0.5) is 0 Å². The minimum atomic E-state index is 0.558. The van der Waals surface area contributed by atoms with E-state index in [4.69, 9.17) is 10.00 Å². The van der Waals surface area contributed by atoms with Crippen molar-refractivity contribution in [3.05, 3.63) is 42.2 Å². The SMILES string of the molecule is CCOC=C(C#N)c1ccccc1. The molecule has 1 aromatic rings. The summed E-state index contributed by atoms with van der Waals surface area (Å²) in [6.07, 6.45) is 1.50. The Hall–Kier alpha value is -1.75. The highest BCUT2D eigenvalue weighted by molar-refractivity contribution is 5.75. The van der Waals surface area contributed by atoms with Crippen LogP contribution in [0, 0.1) is 11.3 Å². The maximum atomic E-state index is 8.81. The van der Waals surface area contributed by atoms with Gasteiger partial charge >= 0.3 is 0 Å². The smallest absolute Gasteiger partial charge is 0.103 e. The lowest BCUT2D eigenvalue weighted by atomic mass is 10.1. The average Bonchev–Trinajstić information content (AvgIpc) is 2.21. The summed E-state index contributed by atoms with van der Waals surface area (Å²) in [5.41, 5.74) is 1.45. The molecule has 0 amide bonds. The molecule has 0 saturated heterocycles. The number of allylic oxidation sites excluding steroid dienone is 1. The van der Waals surface area contributed by atoms with Gasteiger partial charge in [-0.2, -0.15) is 5.26 Å². The van der Waals surface area contributed by atoms with E-state index in [1.165, 1.54) is 6.26 Å². The summed E-state index contributed by atoms with van der Waals surface area (Å²) in [4.78, 5) is 0. The van der Waals surface area contributed by atoms with E-state index in [9.17, 15) is 0 Å². The Kier molecular flexibility index (Phi) is 3.59. The highest BCUT2D eigenvalue weighted by Gasteiger charge is 1.97. The molecule has 2 nitrogen and oxygen atoms in total. The van der Waals surface area contributed by atoms with Crippen LogP contribution in [0.3, 0.4) is 0 Å². The van der Waals surface area contributed by atoms with Crippen LogP contribution in [-0.4, -0.2) is 6.61 Å². The Bertz CT molecular complexity index is 322. The number of nitrogens with zero attached hydrogens (tertiary/aromatic N) is 1. The third-order valence-corrected chi connectivity index (χ3v) is 1.57. The largest absolute Gasteiger partial charge is 0.500 e. The third kappa shape index (κ3) is 2.64. The van der Waals surface area contributed by atoms with Gasteiger partial charge in [0.1, 0.15) is 12.3 Å². The van der Waals surface area contributed by atoms with Crippen molar-refractivity contribution in [2.75, 3.05) is 6.61 Å². The fraction of sp³-hybridized carbons (Fsp3) is 0.182. The molecular weight excluding hydrogens is 162 g/mol. The monoisotopic (exact) mass is 173 g/mol. The van der Waals surface area contributed by atoms with Crippen LogP contribution in [0.15, 0.2) is 36.6 Å². The molecule has 0 aliphatic rings. The Morgan fingerprint density at radius 2 is 2.15 bits per heavy atom. The van der Waals surface area contributed by atoms with Gasteiger partial charge in [0.15, 0.2) is 0 Å². The standard InChI is InChI=1S/C11H11NO/c1-2-13-9-11(8-12)10-6-4-3-5-7-10/h3-7,9H,2H2,1H3. The maximum Gasteiger partial charge on any atom is 0.103 e. The number of nitriles is 1. The first kappa shape index (κ1) is 9.34. The van der Waals surface area contributed by atoms with Crippen molar-refractivity contribution in [2.24, 2.45) is 0 Å². The second kappa shape index (κ2) is 5.00. The highest BCUT2D eigenvalue weighted by atomic mass is 16.5. The number of hydrogen-bond acceptors (Lipinski definition) is 2. The van der Waals surface area contributed by atoms with Crippen LogP contribution in [0.1, 0.15) is 12.5 Å². The molecule has 2 heteroatoms. The van der Waals surface area contributed by atoms with Crippen LogP contribution in [-0.2, 0) is 4.74 Å². The van der Waals surface area contributed by atoms with Gasteiger partial charge in [-0.15, -0.1) is 0 Å². The Morgan fingerprint density at radius 3 is 2.69 bits per heavy atom. The molecule has 0 unspecified atom stereocenters. The van der Waals surface area contributed by atoms with Crippen molar-refractivity contribution in [3.63, 3.8) is 0 Å². The first-order valence-electron chi connectivity index (χ1n) is 4.15. The molecule has 0 fully saturated rings. The number of rotatable bonds is 3. The van der Waals surface area contributed by atoms with Crippen LogP contribution >= 0.6 is 0 Å². The zero-order chi connectivity index (χ0) is 9.52. The number of ether oxygens (including phenoxy) is 1. The van der Waals surface area contributed by atoms with E-state index in [-0.39, 0.29) is 0 Å². The van der Waals surface area contributed by atoms with E-state index >= 15 is 0 Å². The van der Waals surface area contributed by atoms with Gasteiger partial charge < -0.3 is 4.74 Å². The molecule has 0 bridgehead atoms. The van der Waals surface area contributed by atoms with Crippen LogP contribution in [0.25, 0.3) is 5.57 Å². The van der Waals surface area contributed by atoms with Gasteiger partial charge in [-0.25, -0.2) is 0 Å². The first-order valence-corrected chi connectivity index (χ1v) is 4.15. The molecule has 0 aromatic heterocycles. The lowest BCUT2D eigenvalue weighted by Gasteiger charge is -1.98. The van der Waals surface area contributed by atoms with E-state index in [1.807, 2.05) is 37.3 Å². The number of benzene rings is 1. The fourth-order valence-electron chi connectivity index (χ4n) is 0.943. The molecule has 0 N–H and O–H groups in total. The molecule has 66 valence electrons. The van der Waals surface area contributed by atoms with Crippen LogP contribution < -0.4 is 0 Å². The molecule has 0 atom stereocenters. The molecule has 0 heterocycles. The molecule has 0 spiro atoms. The van der Waals surface area contributed by atoms with Crippen LogP contribution in [0.2, 0.25) is 0 Å².